The van der Waals surface area contributed by atoms with Gasteiger partial charge in [0.2, 0.25) is 0 Å². The predicted molar refractivity (Wildman–Crippen MR) is 172 cm³/mol. The minimum absolute atomic E-state index is 0.156. The van der Waals surface area contributed by atoms with Crippen LogP contribution in [0.25, 0.3) is 0 Å². The molecule has 0 atom stereocenters. The van der Waals surface area contributed by atoms with Crippen LogP contribution in [0.2, 0.25) is 0 Å². The summed E-state index contributed by atoms with van der Waals surface area (Å²) >= 11 is 0. The maximum absolute atomic E-state index is 13.4. The number of anilines is 3. The number of hydrogen-bond acceptors (Lipinski definition) is 10. The van der Waals surface area contributed by atoms with Crippen LogP contribution in [0.15, 0.2) is 54.9 Å². The van der Waals surface area contributed by atoms with E-state index < -0.39 is 11.5 Å². The van der Waals surface area contributed by atoms with Crippen LogP contribution in [0.1, 0.15) is 47.2 Å². The molecule has 1 saturated heterocycles. The molecule has 0 saturated carbocycles. The van der Waals surface area contributed by atoms with Crippen molar-refractivity contribution in [2.75, 3.05) is 74.8 Å². The van der Waals surface area contributed by atoms with Gasteiger partial charge in [0.05, 0.1) is 43.9 Å². The number of fused-ring (bicyclic) bond motifs is 1. The molecule has 2 aliphatic rings. The van der Waals surface area contributed by atoms with Crippen molar-refractivity contribution in [3.05, 3.63) is 71.7 Å². The van der Waals surface area contributed by atoms with Crippen LogP contribution in [0.5, 0.6) is 5.75 Å². The molecule has 0 unspecified atom stereocenters. The number of pyridine rings is 2. The Bertz CT molecular complexity index is 1550. The van der Waals surface area contributed by atoms with Gasteiger partial charge >= 0.3 is 6.09 Å². The van der Waals surface area contributed by atoms with E-state index in [1.54, 1.807) is 53.6 Å². The molecule has 4 heterocycles. The molecule has 13 heteroatoms. The minimum Gasteiger partial charge on any atom is -0.491 e. The fourth-order valence-corrected chi connectivity index (χ4v) is 5.12. The molecule has 0 radical (unpaired) electrons. The second-order valence-corrected chi connectivity index (χ2v) is 11.8. The van der Waals surface area contributed by atoms with Crippen LogP contribution in [0, 0.1) is 0 Å². The van der Waals surface area contributed by atoms with E-state index in [9.17, 15) is 14.4 Å². The summed E-state index contributed by atoms with van der Waals surface area (Å²) in [6.45, 7) is 9.70. The lowest BCUT2D eigenvalue weighted by Gasteiger charge is -2.37. The van der Waals surface area contributed by atoms with Gasteiger partial charge in [-0.25, -0.2) is 9.78 Å². The number of amides is 3. The van der Waals surface area contributed by atoms with Gasteiger partial charge in [-0.3, -0.25) is 19.5 Å². The molecule has 0 bridgehead atoms. The maximum Gasteiger partial charge on any atom is 0.410 e. The van der Waals surface area contributed by atoms with Gasteiger partial charge < -0.3 is 34.1 Å². The topological polar surface area (TPSA) is 136 Å². The van der Waals surface area contributed by atoms with Gasteiger partial charge in [0.15, 0.2) is 0 Å². The van der Waals surface area contributed by atoms with Crippen LogP contribution >= 0.6 is 0 Å². The Balaban J connectivity index is 1.21. The average Bonchev–Trinajstić information content (AvgIpc) is 3.37. The Labute approximate surface area is 268 Å². The third-order valence-electron chi connectivity index (χ3n) is 7.38. The van der Waals surface area contributed by atoms with E-state index in [0.29, 0.717) is 82.0 Å². The quantitative estimate of drug-likeness (QED) is 0.309. The number of nitrogens with one attached hydrogen (secondary N) is 1. The van der Waals surface area contributed by atoms with E-state index in [4.69, 9.17) is 18.9 Å². The first-order chi connectivity index (χ1) is 22.1. The molecule has 13 nitrogen and oxygen atoms in total. The molecule has 1 N–H and O–H groups in total. The van der Waals surface area contributed by atoms with Gasteiger partial charge in [-0.15, -0.1) is 0 Å². The molecule has 244 valence electrons. The predicted octanol–water partition coefficient (Wildman–Crippen LogP) is 3.99. The first-order valence-electron chi connectivity index (χ1n) is 15.2. The van der Waals surface area contributed by atoms with Crippen molar-refractivity contribution in [1.29, 1.82) is 0 Å². The van der Waals surface area contributed by atoms with Gasteiger partial charge in [0.25, 0.3) is 11.8 Å². The molecule has 3 aromatic rings. The summed E-state index contributed by atoms with van der Waals surface area (Å²) in [7, 11) is 1.62. The number of aromatic nitrogens is 2. The molecule has 0 aliphatic carbocycles. The molecular weight excluding hydrogens is 592 g/mol. The summed E-state index contributed by atoms with van der Waals surface area (Å²) < 4.78 is 21.6. The maximum atomic E-state index is 13.4. The van der Waals surface area contributed by atoms with Gasteiger partial charge in [-0.1, -0.05) is 12.1 Å². The summed E-state index contributed by atoms with van der Waals surface area (Å²) in [4.78, 5) is 53.3. The second kappa shape index (κ2) is 14.6. The Hall–Kier alpha value is -4.75. The van der Waals surface area contributed by atoms with Crippen LogP contribution in [0.3, 0.4) is 0 Å². The molecule has 1 aromatic carbocycles. The van der Waals surface area contributed by atoms with E-state index >= 15 is 0 Å². The van der Waals surface area contributed by atoms with E-state index in [1.807, 2.05) is 39.0 Å². The summed E-state index contributed by atoms with van der Waals surface area (Å²) in [5, 5.41) is 2.93. The molecule has 0 spiro atoms. The molecular formula is C33H40N6O7. The third kappa shape index (κ3) is 8.09. The van der Waals surface area contributed by atoms with Crippen LogP contribution in [-0.2, 0) is 20.8 Å². The Morgan fingerprint density at radius 2 is 1.76 bits per heavy atom. The SMILES string of the molecule is COCCOCCOc1ccc2c(c1)C(=O)N(c1cccc(C(=O)Nc3cnccc3N3CCN(C(=O)OC(C)(C)C)CC3)n1)C2. The molecule has 2 aromatic heterocycles. The van der Waals surface area contributed by atoms with Crippen molar-refractivity contribution in [2.24, 2.45) is 0 Å². The van der Waals surface area contributed by atoms with Crippen LogP contribution < -0.4 is 19.9 Å². The zero-order chi connectivity index (χ0) is 32.7. The summed E-state index contributed by atoms with van der Waals surface area (Å²) in [6.07, 6.45) is 2.91. The lowest BCUT2D eigenvalue weighted by Crippen LogP contribution is -2.50. The first kappa shape index (κ1) is 32.6. The van der Waals surface area contributed by atoms with Gasteiger partial charge in [0, 0.05) is 45.0 Å². The summed E-state index contributed by atoms with van der Waals surface area (Å²) in [5.74, 6) is 0.287. The fourth-order valence-electron chi connectivity index (χ4n) is 5.12. The van der Waals surface area contributed by atoms with Crippen molar-refractivity contribution >= 4 is 35.1 Å². The van der Waals surface area contributed by atoms with Crippen molar-refractivity contribution in [3.8, 4) is 5.75 Å². The van der Waals surface area contributed by atoms with Crippen LogP contribution in [0.4, 0.5) is 22.0 Å². The van der Waals surface area contributed by atoms with Crippen molar-refractivity contribution in [1.82, 2.24) is 14.9 Å². The van der Waals surface area contributed by atoms with Gasteiger partial charge in [-0.05, 0) is 56.7 Å². The number of carbonyl (C=O) groups excluding carboxylic acids is 3. The summed E-state index contributed by atoms with van der Waals surface area (Å²) in [6, 6.07) is 12.2. The number of ether oxygens (including phenoxy) is 4. The van der Waals surface area contributed by atoms with Crippen LogP contribution in [-0.4, -0.2) is 98.1 Å². The lowest BCUT2D eigenvalue weighted by atomic mass is 10.1. The van der Waals surface area contributed by atoms with E-state index in [1.165, 1.54) is 0 Å². The van der Waals surface area contributed by atoms with Crippen molar-refractivity contribution < 1.29 is 33.3 Å². The zero-order valence-corrected chi connectivity index (χ0v) is 26.7. The number of nitrogens with zero attached hydrogens (tertiary/aromatic N) is 5. The lowest BCUT2D eigenvalue weighted by molar-refractivity contribution is 0.0240. The highest BCUT2D eigenvalue weighted by molar-refractivity contribution is 6.10. The molecule has 3 amide bonds. The number of carbonyl (C=O) groups is 3. The second-order valence-electron chi connectivity index (χ2n) is 11.8. The first-order valence-corrected chi connectivity index (χ1v) is 15.2. The molecule has 46 heavy (non-hydrogen) atoms. The fraction of sp³-hybridized carbons (Fsp3) is 0.424. The Morgan fingerprint density at radius 1 is 0.978 bits per heavy atom. The number of piperazine rings is 1. The highest BCUT2D eigenvalue weighted by Crippen LogP contribution is 2.31. The smallest absolute Gasteiger partial charge is 0.410 e. The standard InChI is InChI=1S/C33H40N6O7/c1-33(2,3)46-32(42)38-14-12-37(13-15-38)28-10-11-34-21-27(28)36-30(40)26-6-5-7-29(35-26)39-22-23-8-9-24(20-25(23)31(39)41)45-19-18-44-17-16-43-4/h5-11,20-21H,12-19,22H2,1-4H3,(H,36,40). The number of methoxy groups -OCH3 is 1. The largest absolute Gasteiger partial charge is 0.491 e. The highest BCUT2D eigenvalue weighted by atomic mass is 16.6. The average molecular weight is 633 g/mol. The number of rotatable bonds is 11. The van der Waals surface area contributed by atoms with Crippen molar-refractivity contribution in [3.63, 3.8) is 0 Å². The number of hydrogen-bond donors (Lipinski definition) is 1. The highest BCUT2D eigenvalue weighted by Gasteiger charge is 2.31. The Kier molecular flexibility index (Phi) is 10.3. The Morgan fingerprint density at radius 3 is 2.52 bits per heavy atom. The third-order valence-corrected chi connectivity index (χ3v) is 7.38. The number of benzene rings is 1. The van der Waals surface area contributed by atoms with Crippen molar-refractivity contribution in [2.45, 2.75) is 32.9 Å². The minimum atomic E-state index is -0.563. The van der Waals surface area contributed by atoms with Gasteiger partial charge in [-0.2, -0.15) is 0 Å². The zero-order valence-electron chi connectivity index (χ0n) is 26.7. The van der Waals surface area contributed by atoms with E-state index in [2.05, 4.69) is 20.2 Å². The molecule has 1 fully saturated rings. The van der Waals surface area contributed by atoms with Gasteiger partial charge in [0.1, 0.15) is 29.5 Å². The monoisotopic (exact) mass is 632 g/mol. The normalized spacial score (nSPS) is 14.7. The molecule has 5 rings (SSSR count). The summed E-state index contributed by atoms with van der Waals surface area (Å²) in [5.41, 5.74) is 2.27. The van der Waals surface area contributed by atoms with E-state index in [-0.39, 0.29) is 17.7 Å². The van der Waals surface area contributed by atoms with E-state index in [0.717, 1.165) is 11.3 Å². The molecule has 2 aliphatic heterocycles.